The summed E-state index contributed by atoms with van der Waals surface area (Å²) in [6.07, 6.45) is 0.918. The molecule has 2 aromatic carbocycles. The maximum Gasteiger partial charge on any atom is 0.337 e. The third-order valence-corrected chi connectivity index (χ3v) is 5.51. The Morgan fingerprint density at radius 2 is 1.71 bits per heavy atom. The lowest BCUT2D eigenvalue weighted by atomic mass is 9.99. The molecule has 1 atom stereocenters. The second-order valence-electron chi connectivity index (χ2n) is 7.72. The van der Waals surface area contributed by atoms with E-state index >= 15 is 0 Å². The van der Waals surface area contributed by atoms with E-state index in [0.29, 0.717) is 5.56 Å². The van der Waals surface area contributed by atoms with Crippen molar-refractivity contribution in [3.8, 4) is 0 Å². The number of nitrogens with zero attached hydrogens (tertiary/aromatic N) is 2. The fraction of sp³-hybridized carbons (Fsp3) is 0.167. The lowest BCUT2D eigenvalue weighted by molar-refractivity contribution is -0.116. The summed E-state index contributed by atoms with van der Waals surface area (Å²) in [7, 11) is 0. The lowest BCUT2D eigenvalue weighted by Crippen LogP contribution is -2.28. The van der Waals surface area contributed by atoms with E-state index in [1.165, 1.54) is 41.3 Å². The summed E-state index contributed by atoms with van der Waals surface area (Å²) in [6, 6.07) is 8.86. The molecule has 34 heavy (non-hydrogen) atoms. The van der Waals surface area contributed by atoms with Gasteiger partial charge >= 0.3 is 5.97 Å². The van der Waals surface area contributed by atoms with Crippen molar-refractivity contribution in [3.63, 3.8) is 0 Å². The van der Waals surface area contributed by atoms with Crippen molar-refractivity contribution < 1.29 is 32.7 Å². The molecule has 0 aliphatic carbocycles. The zero-order valence-corrected chi connectivity index (χ0v) is 17.6. The number of carboxylic acids is 1. The molecule has 10 heteroatoms. The van der Waals surface area contributed by atoms with Crippen LogP contribution in [0.5, 0.6) is 0 Å². The van der Waals surface area contributed by atoms with Crippen molar-refractivity contribution in [2.24, 2.45) is 0 Å². The van der Waals surface area contributed by atoms with E-state index < -0.39 is 41.3 Å². The van der Waals surface area contributed by atoms with Gasteiger partial charge < -0.3 is 15.3 Å². The Bertz CT molecular complexity index is 1260. The highest BCUT2D eigenvalue weighted by Gasteiger charge is 2.41. The molecule has 0 saturated heterocycles. The average Bonchev–Trinajstić information content (AvgIpc) is 3.09. The zero-order chi connectivity index (χ0) is 24.4. The lowest BCUT2D eigenvalue weighted by Gasteiger charge is -2.25. The van der Waals surface area contributed by atoms with Crippen molar-refractivity contribution in [3.05, 3.63) is 94.4 Å². The van der Waals surface area contributed by atoms with Gasteiger partial charge in [-0.15, -0.1) is 0 Å². The minimum absolute atomic E-state index is 0.0145. The molecule has 3 aromatic rings. The van der Waals surface area contributed by atoms with Crippen LogP contribution in [-0.2, 0) is 11.3 Å². The molecule has 2 amide bonds. The van der Waals surface area contributed by atoms with Gasteiger partial charge in [0.15, 0.2) is 0 Å². The molecule has 1 aliphatic heterocycles. The predicted octanol–water partition coefficient (Wildman–Crippen LogP) is 4.31. The van der Waals surface area contributed by atoms with Gasteiger partial charge in [0.05, 0.1) is 17.2 Å². The number of nitrogens with one attached hydrogen (secondary N) is 1. The molecule has 0 fully saturated rings. The SMILES string of the molecule is O=C(CCC1c2c(F)ccc(F)c2C(=O)N1Cc1ccc(F)cc1)Nc1ccc(C(=O)O)cn1. The van der Waals surface area contributed by atoms with E-state index in [1.807, 2.05) is 0 Å². The van der Waals surface area contributed by atoms with E-state index in [0.717, 1.165) is 18.3 Å². The molecule has 4 rings (SSSR count). The van der Waals surface area contributed by atoms with Crippen LogP contribution >= 0.6 is 0 Å². The van der Waals surface area contributed by atoms with Crippen LogP contribution in [-0.4, -0.2) is 32.8 Å². The maximum absolute atomic E-state index is 14.7. The Labute approximate surface area is 191 Å². The fourth-order valence-corrected chi connectivity index (χ4v) is 3.89. The first kappa shape index (κ1) is 23.0. The molecule has 2 N–H and O–H groups in total. The fourth-order valence-electron chi connectivity index (χ4n) is 3.89. The minimum atomic E-state index is -1.16. The average molecular weight is 469 g/mol. The van der Waals surface area contributed by atoms with Crippen molar-refractivity contribution in [1.29, 1.82) is 0 Å². The third-order valence-electron chi connectivity index (χ3n) is 5.51. The van der Waals surface area contributed by atoms with E-state index in [2.05, 4.69) is 10.3 Å². The first-order valence-electron chi connectivity index (χ1n) is 10.3. The minimum Gasteiger partial charge on any atom is -0.478 e. The van der Waals surface area contributed by atoms with Gasteiger partial charge in [-0.2, -0.15) is 0 Å². The molecule has 174 valence electrons. The highest BCUT2D eigenvalue weighted by molar-refractivity contribution is 5.99. The van der Waals surface area contributed by atoms with Gasteiger partial charge in [0, 0.05) is 24.7 Å². The molecular formula is C24H18F3N3O4. The Hall–Kier alpha value is -4.21. The van der Waals surface area contributed by atoms with Gasteiger partial charge in [-0.1, -0.05) is 12.1 Å². The number of benzene rings is 2. The van der Waals surface area contributed by atoms with Crippen LogP contribution < -0.4 is 5.32 Å². The first-order valence-corrected chi connectivity index (χ1v) is 10.3. The smallest absolute Gasteiger partial charge is 0.337 e. The third kappa shape index (κ3) is 4.61. The topological polar surface area (TPSA) is 99.6 Å². The van der Waals surface area contributed by atoms with Gasteiger partial charge in [-0.05, 0) is 48.4 Å². The number of halogens is 3. The second kappa shape index (κ2) is 9.34. The Morgan fingerprint density at radius 1 is 1.00 bits per heavy atom. The summed E-state index contributed by atoms with van der Waals surface area (Å²) in [5, 5.41) is 11.4. The number of amides is 2. The predicted molar refractivity (Wildman–Crippen MR) is 114 cm³/mol. The maximum atomic E-state index is 14.7. The first-order chi connectivity index (χ1) is 16.2. The highest BCUT2D eigenvalue weighted by atomic mass is 19.1. The number of carbonyl (C=O) groups excluding carboxylic acids is 2. The quantitative estimate of drug-likeness (QED) is 0.537. The van der Waals surface area contributed by atoms with Gasteiger partial charge in [0.2, 0.25) is 5.91 Å². The molecule has 0 saturated carbocycles. The van der Waals surface area contributed by atoms with Crippen LogP contribution in [0.2, 0.25) is 0 Å². The number of rotatable bonds is 7. The van der Waals surface area contributed by atoms with Crippen LogP contribution in [0.15, 0.2) is 54.7 Å². The number of aromatic nitrogens is 1. The molecule has 0 bridgehead atoms. The standard InChI is InChI=1S/C24H18F3N3O4/c25-15-4-1-13(2-5-15)12-30-18(21-16(26)6-7-17(27)22(21)23(30)32)8-10-20(31)29-19-9-3-14(11-28-19)24(33)34/h1-7,9,11,18H,8,10,12H2,(H,33,34)(H,28,29,31). The second-order valence-corrected chi connectivity index (χ2v) is 7.72. The highest BCUT2D eigenvalue weighted by Crippen LogP contribution is 2.40. The molecule has 1 aromatic heterocycles. The Kier molecular flexibility index (Phi) is 6.31. The van der Waals surface area contributed by atoms with E-state index in [9.17, 15) is 27.6 Å². The van der Waals surface area contributed by atoms with Crippen LogP contribution in [0.25, 0.3) is 0 Å². The number of hydrogen-bond acceptors (Lipinski definition) is 4. The van der Waals surface area contributed by atoms with Crippen molar-refractivity contribution in [1.82, 2.24) is 9.88 Å². The number of aromatic carboxylic acids is 1. The molecule has 7 nitrogen and oxygen atoms in total. The molecule has 0 spiro atoms. The monoisotopic (exact) mass is 469 g/mol. The van der Waals surface area contributed by atoms with Gasteiger partial charge in [-0.25, -0.2) is 22.9 Å². The van der Waals surface area contributed by atoms with Crippen LogP contribution in [0.1, 0.15) is 50.7 Å². The summed E-state index contributed by atoms with van der Waals surface area (Å²) in [6.45, 7) is -0.0306. The number of anilines is 1. The Morgan fingerprint density at radius 3 is 2.35 bits per heavy atom. The zero-order valence-electron chi connectivity index (χ0n) is 17.6. The molecule has 2 heterocycles. The van der Waals surface area contributed by atoms with Crippen molar-refractivity contribution in [2.45, 2.75) is 25.4 Å². The van der Waals surface area contributed by atoms with Gasteiger partial charge in [0.25, 0.3) is 5.91 Å². The summed E-state index contributed by atoms with van der Waals surface area (Å²) in [4.78, 5) is 41.4. The number of fused-ring (bicyclic) bond motifs is 1. The number of carboxylic acid groups (broad SMARTS) is 1. The van der Waals surface area contributed by atoms with Crippen LogP contribution in [0.4, 0.5) is 19.0 Å². The Balaban J connectivity index is 1.53. The van der Waals surface area contributed by atoms with Gasteiger partial charge in [-0.3, -0.25) is 9.59 Å². The number of pyridine rings is 1. The largest absolute Gasteiger partial charge is 0.478 e. The van der Waals surface area contributed by atoms with E-state index in [4.69, 9.17) is 5.11 Å². The normalized spacial score (nSPS) is 14.7. The van der Waals surface area contributed by atoms with Crippen LogP contribution in [0, 0.1) is 17.5 Å². The summed E-state index contributed by atoms with van der Waals surface area (Å²) in [5.41, 5.74) is 0.0100. The molecule has 1 unspecified atom stereocenters. The molecule has 0 radical (unpaired) electrons. The number of hydrogen-bond donors (Lipinski definition) is 2. The summed E-state index contributed by atoms with van der Waals surface area (Å²) < 4.78 is 42.4. The number of carbonyl (C=O) groups is 3. The summed E-state index contributed by atoms with van der Waals surface area (Å²) in [5.74, 6) is -4.34. The van der Waals surface area contributed by atoms with Crippen molar-refractivity contribution in [2.75, 3.05) is 5.32 Å². The molecular weight excluding hydrogens is 451 g/mol. The van der Waals surface area contributed by atoms with E-state index in [1.54, 1.807) is 0 Å². The van der Waals surface area contributed by atoms with Crippen molar-refractivity contribution >= 4 is 23.6 Å². The van der Waals surface area contributed by atoms with Gasteiger partial charge in [0.1, 0.15) is 23.3 Å². The van der Waals surface area contributed by atoms with Crippen LogP contribution in [0.3, 0.4) is 0 Å². The summed E-state index contributed by atoms with van der Waals surface area (Å²) >= 11 is 0. The molecule has 1 aliphatic rings. The van der Waals surface area contributed by atoms with E-state index in [-0.39, 0.29) is 41.9 Å².